The molecule has 0 bridgehead atoms. The maximum absolute atomic E-state index is 14.3. The van der Waals surface area contributed by atoms with Crippen LogP contribution in [-0.2, 0) is 7.05 Å². The van der Waals surface area contributed by atoms with Gasteiger partial charge in [0.1, 0.15) is 11.6 Å². The van der Waals surface area contributed by atoms with Crippen LogP contribution in [0.3, 0.4) is 0 Å². The lowest BCUT2D eigenvalue weighted by atomic mass is 10.0. The van der Waals surface area contributed by atoms with Crippen molar-refractivity contribution in [1.82, 2.24) is 14.9 Å². The zero-order valence-electron chi connectivity index (χ0n) is 12.1. The van der Waals surface area contributed by atoms with Crippen LogP contribution in [0, 0.1) is 5.82 Å². The Morgan fingerprint density at radius 1 is 1.45 bits per heavy atom. The highest BCUT2D eigenvalue weighted by atomic mass is 19.1. The van der Waals surface area contributed by atoms with E-state index in [0.29, 0.717) is 11.3 Å². The third-order valence-corrected chi connectivity index (χ3v) is 3.14. The van der Waals surface area contributed by atoms with Gasteiger partial charge in [-0.05, 0) is 19.0 Å². The summed E-state index contributed by atoms with van der Waals surface area (Å²) in [6.07, 6.45) is 4.59. The van der Waals surface area contributed by atoms with Gasteiger partial charge in [0.25, 0.3) is 0 Å². The van der Waals surface area contributed by atoms with E-state index in [1.54, 1.807) is 18.5 Å². The number of rotatable bonds is 6. The van der Waals surface area contributed by atoms with Crippen LogP contribution in [0.25, 0.3) is 0 Å². The SMILES string of the molecule is CCCNC(c1cn(C)cn1)c1ccc(OC)cc1F. The predicted molar refractivity (Wildman–Crippen MR) is 76.3 cm³/mol. The highest BCUT2D eigenvalue weighted by Crippen LogP contribution is 2.26. The van der Waals surface area contributed by atoms with Gasteiger partial charge in [0, 0.05) is 24.9 Å². The highest BCUT2D eigenvalue weighted by molar-refractivity contribution is 5.34. The number of ether oxygens (including phenoxy) is 1. The average molecular weight is 277 g/mol. The Kier molecular flexibility index (Phi) is 4.74. The van der Waals surface area contributed by atoms with Crippen molar-refractivity contribution in [3.8, 4) is 5.75 Å². The van der Waals surface area contributed by atoms with Gasteiger partial charge in [0.2, 0.25) is 0 Å². The molecule has 2 aromatic rings. The second kappa shape index (κ2) is 6.52. The van der Waals surface area contributed by atoms with E-state index in [-0.39, 0.29) is 11.9 Å². The molecule has 2 rings (SSSR count). The van der Waals surface area contributed by atoms with Crippen LogP contribution in [0.15, 0.2) is 30.7 Å². The van der Waals surface area contributed by atoms with E-state index < -0.39 is 0 Å². The summed E-state index contributed by atoms with van der Waals surface area (Å²) in [5, 5.41) is 3.34. The molecule has 4 nitrogen and oxygen atoms in total. The number of hydrogen-bond acceptors (Lipinski definition) is 3. The normalized spacial score (nSPS) is 12.4. The predicted octanol–water partition coefficient (Wildman–Crippen LogP) is 2.66. The fourth-order valence-electron chi connectivity index (χ4n) is 2.11. The Hall–Kier alpha value is -1.88. The molecule has 1 N–H and O–H groups in total. The largest absolute Gasteiger partial charge is 0.497 e. The molecule has 0 saturated heterocycles. The topological polar surface area (TPSA) is 39.1 Å². The first-order chi connectivity index (χ1) is 9.65. The lowest BCUT2D eigenvalue weighted by Crippen LogP contribution is -2.24. The number of halogens is 1. The second-order valence-electron chi connectivity index (χ2n) is 4.74. The van der Waals surface area contributed by atoms with Crippen molar-refractivity contribution in [3.05, 3.63) is 47.8 Å². The molecule has 1 atom stereocenters. The fourth-order valence-corrected chi connectivity index (χ4v) is 2.11. The number of aromatic nitrogens is 2. The first-order valence-electron chi connectivity index (χ1n) is 6.70. The van der Waals surface area contributed by atoms with E-state index in [1.807, 2.05) is 17.8 Å². The van der Waals surface area contributed by atoms with Gasteiger partial charge in [-0.25, -0.2) is 9.37 Å². The van der Waals surface area contributed by atoms with Crippen molar-refractivity contribution in [3.63, 3.8) is 0 Å². The van der Waals surface area contributed by atoms with Gasteiger partial charge >= 0.3 is 0 Å². The van der Waals surface area contributed by atoms with Crippen LogP contribution in [0.4, 0.5) is 4.39 Å². The molecule has 0 spiro atoms. The number of imidazole rings is 1. The Bertz CT molecular complexity index is 568. The number of nitrogens with zero attached hydrogens (tertiary/aromatic N) is 2. The number of nitrogens with one attached hydrogen (secondary N) is 1. The molecule has 0 aliphatic heterocycles. The van der Waals surface area contributed by atoms with Crippen molar-refractivity contribution in [2.45, 2.75) is 19.4 Å². The molecule has 108 valence electrons. The summed E-state index contributed by atoms with van der Waals surface area (Å²) in [6.45, 7) is 2.87. The van der Waals surface area contributed by atoms with Gasteiger partial charge in [-0.1, -0.05) is 13.0 Å². The average Bonchev–Trinajstić information content (AvgIpc) is 2.87. The summed E-state index contributed by atoms with van der Waals surface area (Å²) in [6, 6.07) is 4.67. The summed E-state index contributed by atoms with van der Waals surface area (Å²) >= 11 is 0. The number of aryl methyl sites for hydroxylation is 1. The van der Waals surface area contributed by atoms with E-state index in [9.17, 15) is 4.39 Å². The molecule has 1 aromatic carbocycles. The Morgan fingerprint density at radius 3 is 2.80 bits per heavy atom. The molecule has 1 aromatic heterocycles. The van der Waals surface area contributed by atoms with Crippen LogP contribution in [0.1, 0.15) is 30.6 Å². The van der Waals surface area contributed by atoms with Gasteiger partial charge < -0.3 is 14.6 Å². The van der Waals surface area contributed by atoms with Gasteiger partial charge in [-0.3, -0.25) is 0 Å². The van der Waals surface area contributed by atoms with Crippen molar-refractivity contribution in [1.29, 1.82) is 0 Å². The molecule has 1 unspecified atom stereocenters. The van der Waals surface area contributed by atoms with E-state index in [2.05, 4.69) is 17.2 Å². The standard InChI is InChI=1S/C15H20FN3O/c1-4-7-17-15(14-9-19(2)10-18-14)12-6-5-11(20-3)8-13(12)16/h5-6,8-10,15,17H,4,7H2,1-3H3. The first kappa shape index (κ1) is 14.5. The van der Waals surface area contributed by atoms with E-state index in [4.69, 9.17) is 4.74 Å². The van der Waals surface area contributed by atoms with Crippen LogP contribution in [-0.4, -0.2) is 23.2 Å². The summed E-state index contributed by atoms with van der Waals surface area (Å²) in [7, 11) is 3.43. The summed E-state index contributed by atoms with van der Waals surface area (Å²) in [4.78, 5) is 4.33. The minimum atomic E-state index is -0.288. The first-order valence-corrected chi connectivity index (χ1v) is 6.70. The van der Waals surface area contributed by atoms with E-state index >= 15 is 0 Å². The van der Waals surface area contributed by atoms with Crippen LogP contribution in [0.5, 0.6) is 5.75 Å². The van der Waals surface area contributed by atoms with Crippen molar-refractivity contribution < 1.29 is 9.13 Å². The summed E-state index contributed by atoms with van der Waals surface area (Å²) in [5.41, 5.74) is 1.39. The molecule has 1 heterocycles. The van der Waals surface area contributed by atoms with Crippen LogP contribution < -0.4 is 10.1 Å². The highest BCUT2D eigenvalue weighted by Gasteiger charge is 2.19. The minimum absolute atomic E-state index is 0.248. The molecule has 0 saturated carbocycles. The number of hydrogen-bond donors (Lipinski definition) is 1. The summed E-state index contributed by atoms with van der Waals surface area (Å²) < 4.78 is 21.2. The summed E-state index contributed by atoms with van der Waals surface area (Å²) in [5.74, 6) is 0.227. The molecule has 0 fully saturated rings. The smallest absolute Gasteiger partial charge is 0.132 e. The van der Waals surface area contributed by atoms with Gasteiger partial charge in [-0.15, -0.1) is 0 Å². The molecule has 20 heavy (non-hydrogen) atoms. The zero-order chi connectivity index (χ0) is 14.5. The van der Waals surface area contributed by atoms with Gasteiger partial charge in [0.05, 0.1) is 25.2 Å². The Labute approximate surface area is 118 Å². The monoisotopic (exact) mass is 277 g/mol. The lowest BCUT2D eigenvalue weighted by Gasteiger charge is -2.18. The maximum atomic E-state index is 14.3. The van der Waals surface area contributed by atoms with Crippen molar-refractivity contribution >= 4 is 0 Å². The van der Waals surface area contributed by atoms with Crippen molar-refractivity contribution in [2.75, 3.05) is 13.7 Å². The van der Waals surface area contributed by atoms with Crippen molar-refractivity contribution in [2.24, 2.45) is 7.05 Å². The zero-order valence-corrected chi connectivity index (χ0v) is 12.1. The Balaban J connectivity index is 2.35. The molecule has 0 radical (unpaired) electrons. The van der Waals surface area contributed by atoms with Crippen LogP contribution >= 0.6 is 0 Å². The number of methoxy groups -OCH3 is 1. The van der Waals surface area contributed by atoms with Gasteiger partial charge in [0.15, 0.2) is 0 Å². The maximum Gasteiger partial charge on any atom is 0.132 e. The Morgan fingerprint density at radius 2 is 2.25 bits per heavy atom. The van der Waals surface area contributed by atoms with E-state index in [1.165, 1.54) is 13.2 Å². The fraction of sp³-hybridized carbons (Fsp3) is 0.400. The second-order valence-corrected chi connectivity index (χ2v) is 4.74. The molecule has 0 amide bonds. The molecule has 0 aliphatic rings. The number of benzene rings is 1. The minimum Gasteiger partial charge on any atom is -0.497 e. The molecular weight excluding hydrogens is 257 g/mol. The molecule has 5 heteroatoms. The third-order valence-electron chi connectivity index (χ3n) is 3.14. The molecule has 0 aliphatic carbocycles. The van der Waals surface area contributed by atoms with Gasteiger partial charge in [-0.2, -0.15) is 0 Å². The lowest BCUT2D eigenvalue weighted by molar-refractivity contribution is 0.410. The van der Waals surface area contributed by atoms with E-state index in [0.717, 1.165) is 18.7 Å². The quantitative estimate of drug-likeness (QED) is 0.882. The van der Waals surface area contributed by atoms with Crippen LogP contribution in [0.2, 0.25) is 0 Å². The molecular formula is C15H20FN3O. The third kappa shape index (κ3) is 3.17.